The van der Waals surface area contributed by atoms with Gasteiger partial charge in [-0.25, -0.2) is 4.98 Å². The average molecular weight is 247 g/mol. The standard InChI is InChI=1S/C11H13N5O2/c1-2-16-7-8(6-13-16)18-10-5-3-4-9(14-10)11(12)15-17/h3-7,17H,2H2,1H3,(H2,12,15). The molecule has 7 heteroatoms. The lowest BCUT2D eigenvalue weighted by atomic mass is 10.3. The summed E-state index contributed by atoms with van der Waals surface area (Å²) in [4.78, 5) is 4.10. The van der Waals surface area contributed by atoms with Gasteiger partial charge >= 0.3 is 0 Å². The molecule has 94 valence electrons. The minimum atomic E-state index is -0.0651. The number of aromatic nitrogens is 3. The molecule has 0 aliphatic carbocycles. The molecule has 2 aromatic heterocycles. The maximum absolute atomic E-state index is 8.57. The third-order valence-electron chi connectivity index (χ3n) is 2.25. The topological polar surface area (TPSA) is 98.5 Å². The Morgan fingerprint density at radius 2 is 2.39 bits per heavy atom. The van der Waals surface area contributed by atoms with Gasteiger partial charge in [0.15, 0.2) is 11.6 Å². The lowest BCUT2D eigenvalue weighted by Gasteiger charge is -2.03. The van der Waals surface area contributed by atoms with E-state index in [9.17, 15) is 0 Å². The van der Waals surface area contributed by atoms with Gasteiger partial charge in [-0.05, 0) is 13.0 Å². The Bertz CT molecular complexity index is 564. The Morgan fingerprint density at radius 3 is 3.06 bits per heavy atom. The van der Waals surface area contributed by atoms with Crippen LogP contribution in [-0.2, 0) is 6.54 Å². The van der Waals surface area contributed by atoms with E-state index >= 15 is 0 Å². The molecule has 0 amide bonds. The third kappa shape index (κ3) is 2.57. The zero-order valence-electron chi connectivity index (χ0n) is 9.82. The summed E-state index contributed by atoms with van der Waals surface area (Å²) in [5.41, 5.74) is 5.79. The summed E-state index contributed by atoms with van der Waals surface area (Å²) in [5.74, 6) is 0.875. The van der Waals surface area contributed by atoms with Crippen LogP contribution in [0.25, 0.3) is 0 Å². The molecule has 2 rings (SSSR count). The van der Waals surface area contributed by atoms with Crippen molar-refractivity contribution >= 4 is 5.84 Å². The number of nitrogens with two attached hydrogens (primary N) is 1. The van der Waals surface area contributed by atoms with E-state index in [1.807, 2.05) is 6.92 Å². The molecule has 0 atom stereocenters. The Balaban J connectivity index is 2.19. The zero-order valence-corrected chi connectivity index (χ0v) is 9.82. The van der Waals surface area contributed by atoms with Gasteiger partial charge in [0.1, 0.15) is 5.69 Å². The van der Waals surface area contributed by atoms with E-state index in [1.165, 1.54) is 0 Å². The highest BCUT2D eigenvalue weighted by Gasteiger charge is 2.05. The molecule has 0 bridgehead atoms. The second kappa shape index (κ2) is 5.17. The van der Waals surface area contributed by atoms with Gasteiger partial charge in [-0.1, -0.05) is 11.2 Å². The molecule has 2 heterocycles. The van der Waals surface area contributed by atoms with Gasteiger partial charge in [0, 0.05) is 12.6 Å². The van der Waals surface area contributed by atoms with Gasteiger partial charge in [0.2, 0.25) is 5.88 Å². The summed E-state index contributed by atoms with van der Waals surface area (Å²) in [6.07, 6.45) is 3.36. The van der Waals surface area contributed by atoms with Gasteiger partial charge < -0.3 is 15.7 Å². The first kappa shape index (κ1) is 11.9. The van der Waals surface area contributed by atoms with Gasteiger partial charge in [0.25, 0.3) is 0 Å². The summed E-state index contributed by atoms with van der Waals surface area (Å²) >= 11 is 0. The normalized spacial score (nSPS) is 11.5. The SMILES string of the molecule is CCn1cc(Oc2cccc(/C(N)=N/O)n2)cn1. The first-order valence-electron chi connectivity index (χ1n) is 5.38. The smallest absolute Gasteiger partial charge is 0.220 e. The Kier molecular flexibility index (Phi) is 3.42. The molecule has 2 aromatic rings. The van der Waals surface area contributed by atoms with Crippen molar-refractivity contribution in [1.29, 1.82) is 0 Å². The molecular weight excluding hydrogens is 234 g/mol. The summed E-state index contributed by atoms with van der Waals surface area (Å²) in [5, 5.41) is 15.5. The molecule has 0 saturated carbocycles. The Labute approximate surface area is 104 Å². The van der Waals surface area contributed by atoms with Crippen molar-refractivity contribution in [2.24, 2.45) is 10.9 Å². The molecule has 0 aliphatic heterocycles. The van der Waals surface area contributed by atoms with Gasteiger partial charge in [-0.3, -0.25) is 4.68 Å². The number of rotatable bonds is 4. The van der Waals surface area contributed by atoms with E-state index in [0.717, 1.165) is 6.54 Å². The fourth-order valence-electron chi connectivity index (χ4n) is 1.36. The molecule has 0 radical (unpaired) electrons. The van der Waals surface area contributed by atoms with E-state index < -0.39 is 0 Å². The van der Waals surface area contributed by atoms with Gasteiger partial charge in [0.05, 0.1) is 12.4 Å². The number of pyridine rings is 1. The number of hydrogen-bond donors (Lipinski definition) is 2. The summed E-state index contributed by atoms with van der Waals surface area (Å²) in [6, 6.07) is 5.01. The van der Waals surface area contributed by atoms with Crippen LogP contribution >= 0.6 is 0 Å². The largest absolute Gasteiger partial charge is 0.436 e. The van der Waals surface area contributed by atoms with Crippen LogP contribution in [0.5, 0.6) is 11.6 Å². The van der Waals surface area contributed by atoms with E-state index in [0.29, 0.717) is 17.3 Å². The second-order valence-electron chi connectivity index (χ2n) is 3.48. The first-order valence-corrected chi connectivity index (χ1v) is 5.38. The average Bonchev–Trinajstić information content (AvgIpc) is 2.86. The van der Waals surface area contributed by atoms with Crippen LogP contribution in [0.1, 0.15) is 12.6 Å². The number of nitrogens with zero attached hydrogens (tertiary/aromatic N) is 4. The number of oxime groups is 1. The van der Waals surface area contributed by atoms with Crippen LogP contribution in [0.4, 0.5) is 0 Å². The summed E-state index contributed by atoms with van der Waals surface area (Å²) in [7, 11) is 0. The fourth-order valence-corrected chi connectivity index (χ4v) is 1.36. The van der Waals surface area contributed by atoms with Crippen LogP contribution in [0.3, 0.4) is 0 Å². The highest BCUT2D eigenvalue weighted by Crippen LogP contribution is 2.18. The maximum atomic E-state index is 8.57. The molecule has 18 heavy (non-hydrogen) atoms. The monoisotopic (exact) mass is 247 g/mol. The van der Waals surface area contributed by atoms with Crippen LogP contribution in [0.2, 0.25) is 0 Å². The quantitative estimate of drug-likeness (QED) is 0.366. The summed E-state index contributed by atoms with van der Waals surface area (Å²) < 4.78 is 7.25. The van der Waals surface area contributed by atoms with Crippen LogP contribution in [0, 0.1) is 0 Å². The highest BCUT2D eigenvalue weighted by atomic mass is 16.5. The van der Waals surface area contributed by atoms with Crippen molar-refractivity contribution in [3.63, 3.8) is 0 Å². The fraction of sp³-hybridized carbons (Fsp3) is 0.182. The van der Waals surface area contributed by atoms with Crippen LogP contribution in [0.15, 0.2) is 35.7 Å². The third-order valence-corrected chi connectivity index (χ3v) is 2.25. The van der Waals surface area contributed by atoms with Crippen molar-refractivity contribution < 1.29 is 9.94 Å². The van der Waals surface area contributed by atoms with Crippen LogP contribution < -0.4 is 10.5 Å². The first-order chi connectivity index (χ1) is 8.72. The Hall–Kier alpha value is -2.57. The van der Waals surface area contributed by atoms with Crippen molar-refractivity contribution in [3.8, 4) is 11.6 Å². The van der Waals surface area contributed by atoms with E-state index in [1.54, 1.807) is 35.3 Å². The Morgan fingerprint density at radius 1 is 1.56 bits per heavy atom. The number of amidine groups is 1. The zero-order chi connectivity index (χ0) is 13.0. The van der Waals surface area contributed by atoms with Crippen molar-refractivity contribution in [1.82, 2.24) is 14.8 Å². The predicted octanol–water partition coefficient (Wildman–Crippen LogP) is 1.18. The van der Waals surface area contributed by atoms with Crippen LogP contribution in [-0.4, -0.2) is 25.8 Å². The minimum Gasteiger partial charge on any atom is -0.436 e. The van der Waals surface area contributed by atoms with E-state index in [4.69, 9.17) is 15.7 Å². The van der Waals surface area contributed by atoms with Gasteiger partial charge in [-0.15, -0.1) is 0 Å². The lowest BCUT2D eigenvalue weighted by molar-refractivity contribution is 0.318. The van der Waals surface area contributed by atoms with Gasteiger partial charge in [-0.2, -0.15) is 5.10 Å². The molecule has 0 aliphatic rings. The van der Waals surface area contributed by atoms with E-state index in [-0.39, 0.29) is 5.84 Å². The number of aryl methyl sites for hydroxylation is 1. The predicted molar refractivity (Wildman–Crippen MR) is 64.7 cm³/mol. The van der Waals surface area contributed by atoms with Crippen molar-refractivity contribution in [3.05, 3.63) is 36.3 Å². The number of ether oxygens (including phenoxy) is 1. The van der Waals surface area contributed by atoms with E-state index in [2.05, 4.69) is 15.2 Å². The minimum absolute atomic E-state index is 0.0651. The molecule has 0 fully saturated rings. The molecule has 0 unspecified atom stereocenters. The highest BCUT2D eigenvalue weighted by molar-refractivity contribution is 5.95. The molecule has 3 N–H and O–H groups in total. The summed E-state index contributed by atoms with van der Waals surface area (Å²) in [6.45, 7) is 2.75. The molecule has 7 nitrogen and oxygen atoms in total. The van der Waals surface area contributed by atoms with Crippen molar-refractivity contribution in [2.75, 3.05) is 0 Å². The molecule has 0 aromatic carbocycles. The maximum Gasteiger partial charge on any atom is 0.220 e. The molecule has 0 spiro atoms. The van der Waals surface area contributed by atoms with Crippen molar-refractivity contribution in [2.45, 2.75) is 13.5 Å². The lowest BCUT2D eigenvalue weighted by Crippen LogP contribution is -2.14. The second-order valence-corrected chi connectivity index (χ2v) is 3.48. The molecular formula is C11H13N5O2. The number of hydrogen-bond acceptors (Lipinski definition) is 5. The molecule has 0 saturated heterocycles.